The zero-order chi connectivity index (χ0) is 8.32. The molecule has 4 heteroatoms. The van der Waals surface area contributed by atoms with E-state index in [1.807, 2.05) is 0 Å². The summed E-state index contributed by atoms with van der Waals surface area (Å²) in [4.78, 5) is 3.92. The smallest absolute Gasteiger partial charge is 0.199 e. The van der Waals surface area contributed by atoms with Crippen molar-refractivity contribution in [3.63, 3.8) is 0 Å². The van der Waals surface area contributed by atoms with E-state index in [2.05, 4.69) is 11.6 Å². The molecule has 0 atom stereocenters. The molecule has 3 nitrogen and oxygen atoms in total. The maximum absolute atomic E-state index is 11.1. The summed E-state index contributed by atoms with van der Waals surface area (Å²) in [6, 6.07) is 2.86. The fourth-order valence-electron chi connectivity index (χ4n) is 0.624. The fraction of sp³-hybridized carbons (Fsp3) is 0. The third-order valence-corrected chi connectivity index (χ3v) is 2.57. The molecule has 0 amide bonds. The van der Waals surface area contributed by atoms with Gasteiger partial charge in [0.25, 0.3) is 0 Å². The molecule has 1 rings (SSSR count). The van der Waals surface area contributed by atoms with Gasteiger partial charge in [0.15, 0.2) is 9.84 Å². The number of nitrogens with zero attached hydrogens (tertiary/aromatic N) is 1. The van der Waals surface area contributed by atoms with Crippen LogP contribution in [0.25, 0.3) is 0 Å². The van der Waals surface area contributed by atoms with Crippen LogP contribution in [0.4, 0.5) is 0 Å². The first-order valence-corrected chi connectivity index (χ1v) is 4.49. The third-order valence-electron chi connectivity index (χ3n) is 1.20. The lowest BCUT2D eigenvalue weighted by molar-refractivity contribution is 0.604. The van der Waals surface area contributed by atoms with Crippen molar-refractivity contribution in [3.8, 4) is 0 Å². The SMILES string of the molecule is C=CS(=O)(=O)c1ccncc1. The fourth-order valence-corrected chi connectivity index (χ4v) is 1.32. The summed E-state index contributed by atoms with van der Waals surface area (Å²) in [5.41, 5.74) is 0. The van der Waals surface area contributed by atoms with Gasteiger partial charge in [-0.1, -0.05) is 6.58 Å². The van der Waals surface area contributed by atoms with Crippen molar-refractivity contribution >= 4 is 9.84 Å². The number of hydrogen-bond donors (Lipinski definition) is 0. The van der Waals surface area contributed by atoms with Crippen LogP contribution in [0.2, 0.25) is 0 Å². The molecule has 0 saturated heterocycles. The Morgan fingerprint density at radius 2 is 1.91 bits per heavy atom. The van der Waals surface area contributed by atoms with E-state index >= 15 is 0 Å². The summed E-state index contributed by atoms with van der Waals surface area (Å²) < 4.78 is 22.1. The topological polar surface area (TPSA) is 47.0 Å². The van der Waals surface area contributed by atoms with Crippen molar-refractivity contribution in [2.24, 2.45) is 0 Å². The van der Waals surface area contributed by atoms with Crippen LogP contribution in [-0.2, 0) is 9.84 Å². The van der Waals surface area contributed by atoms with Gasteiger partial charge in [-0.05, 0) is 12.1 Å². The standard InChI is InChI=1S/C7H7NO2S/c1-2-11(9,10)7-3-5-8-6-4-7/h2-6H,1H2. The monoisotopic (exact) mass is 169 g/mol. The number of rotatable bonds is 2. The van der Waals surface area contributed by atoms with E-state index in [9.17, 15) is 8.42 Å². The molecule has 0 N–H and O–H groups in total. The van der Waals surface area contributed by atoms with Crippen LogP contribution in [0, 0.1) is 0 Å². The van der Waals surface area contributed by atoms with Crippen LogP contribution >= 0.6 is 0 Å². The molecule has 0 bridgehead atoms. The van der Waals surface area contributed by atoms with E-state index in [-0.39, 0.29) is 4.90 Å². The van der Waals surface area contributed by atoms with E-state index < -0.39 is 9.84 Å². The Bertz CT molecular complexity index is 342. The molecular formula is C7H7NO2S. The lowest BCUT2D eigenvalue weighted by Gasteiger charge is -1.94. The highest BCUT2D eigenvalue weighted by molar-refractivity contribution is 7.94. The molecule has 1 aromatic heterocycles. The molecule has 11 heavy (non-hydrogen) atoms. The number of hydrogen-bond acceptors (Lipinski definition) is 3. The van der Waals surface area contributed by atoms with Crippen molar-refractivity contribution in [3.05, 3.63) is 36.5 Å². The minimum Gasteiger partial charge on any atom is -0.265 e. The van der Waals surface area contributed by atoms with Gasteiger partial charge < -0.3 is 0 Å². The molecule has 0 unspecified atom stereocenters. The maximum Gasteiger partial charge on any atom is 0.199 e. The van der Waals surface area contributed by atoms with Crippen molar-refractivity contribution in [2.45, 2.75) is 4.90 Å². The Hall–Kier alpha value is -1.16. The zero-order valence-electron chi connectivity index (χ0n) is 5.77. The third kappa shape index (κ3) is 1.65. The van der Waals surface area contributed by atoms with Gasteiger partial charge >= 0.3 is 0 Å². The second-order valence-electron chi connectivity index (χ2n) is 1.89. The molecule has 1 heterocycles. The first-order valence-electron chi connectivity index (χ1n) is 2.94. The van der Waals surface area contributed by atoms with Crippen LogP contribution in [0.15, 0.2) is 41.4 Å². The van der Waals surface area contributed by atoms with E-state index in [1.165, 1.54) is 24.5 Å². The van der Waals surface area contributed by atoms with E-state index in [1.54, 1.807) is 0 Å². The van der Waals surface area contributed by atoms with Gasteiger partial charge in [0.05, 0.1) is 4.90 Å². The van der Waals surface area contributed by atoms with Gasteiger partial charge in [-0.15, -0.1) is 0 Å². The number of pyridine rings is 1. The molecule has 0 aromatic carbocycles. The summed E-state index contributed by atoms with van der Waals surface area (Å²) in [6.45, 7) is 3.20. The quantitative estimate of drug-likeness (QED) is 0.663. The van der Waals surface area contributed by atoms with Gasteiger partial charge in [0.2, 0.25) is 0 Å². The maximum atomic E-state index is 11.1. The van der Waals surface area contributed by atoms with Gasteiger partial charge in [-0.3, -0.25) is 4.98 Å². The summed E-state index contributed by atoms with van der Waals surface area (Å²) in [5, 5.41) is 0.919. The van der Waals surface area contributed by atoms with Crippen LogP contribution in [-0.4, -0.2) is 13.4 Å². The van der Waals surface area contributed by atoms with Gasteiger partial charge in [0.1, 0.15) is 0 Å². The Labute approximate surface area is 65.3 Å². The molecule has 58 valence electrons. The van der Waals surface area contributed by atoms with Gasteiger partial charge in [-0.25, -0.2) is 8.42 Å². The van der Waals surface area contributed by atoms with Crippen LogP contribution in [0.3, 0.4) is 0 Å². The predicted molar refractivity (Wildman–Crippen MR) is 41.6 cm³/mol. The molecule has 0 fully saturated rings. The van der Waals surface area contributed by atoms with E-state index in [0.717, 1.165) is 5.41 Å². The molecular weight excluding hydrogens is 162 g/mol. The Morgan fingerprint density at radius 1 is 1.36 bits per heavy atom. The molecule has 0 spiro atoms. The average molecular weight is 169 g/mol. The highest BCUT2D eigenvalue weighted by Gasteiger charge is 2.06. The highest BCUT2D eigenvalue weighted by Crippen LogP contribution is 2.08. The lowest BCUT2D eigenvalue weighted by atomic mass is 10.5. The molecule has 0 saturated carbocycles. The first-order chi connectivity index (χ1) is 5.17. The second kappa shape index (κ2) is 2.84. The Kier molecular flexibility index (Phi) is 2.05. The second-order valence-corrected chi connectivity index (χ2v) is 3.79. The first kappa shape index (κ1) is 7.94. The van der Waals surface area contributed by atoms with Crippen LogP contribution in [0.1, 0.15) is 0 Å². The minimum atomic E-state index is -3.27. The number of sulfone groups is 1. The van der Waals surface area contributed by atoms with Gasteiger partial charge in [-0.2, -0.15) is 0 Å². The normalized spacial score (nSPS) is 10.9. The predicted octanol–water partition coefficient (Wildman–Crippen LogP) is 0.999. The Morgan fingerprint density at radius 3 is 2.36 bits per heavy atom. The zero-order valence-corrected chi connectivity index (χ0v) is 6.58. The minimum absolute atomic E-state index is 0.225. The summed E-state index contributed by atoms with van der Waals surface area (Å²) in [6.07, 6.45) is 2.85. The van der Waals surface area contributed by atoms with Gasteiger partial charge in [0, 0.05) is 17.8 Å². The van der Waals surface area contributed by atoms with Crippen LogP contribution in [0.5, 0.6) is 0 Å². The van der Waals surface area contributed by atoms with Crippen molar-refractivity contribution < 1.29 is 8.42 Å². The highest BCUT2D eigenvalue weighted by atomic mass is 32.2. The lowest BCUT2D eigenvalue weighted by Crippen LogP contribution is -1.94. The summed E-state index contributed by atoms with van der Waals surface area (Å²) >= 11 is 0. The largest absolute Gasteiger partial charge is 0.265 e. The molecule has 0 aliphatic heterocycles. The molecule has 0 aliphatic carbocycles. The molecule has 0 aliphatic rings. The average Bonchev–Trinajstić information content (AvgIpc) is 2.06. The van der Waals surface area contributed by atoms with Crippen molar-refractivity contribution in [1.29, 1.82) is 0 Å². The van der Waals surface area contributed by atoms with Crippen molar-refractivity contribution in [2.75, 3.05) is 0 Å². The van der Waals surface area contributed by atoms with Crippen molar-refractivity contribution in [1.82, 2.24) is 4.98 Å². The van der Waals surface area contributed by atoms with E-state index in [4.69, 9.17) is 0 Å². The summed E-state index contributed by atoms with van der Waals surface area (Å²) in [5.74, 6) is 0. The Balaban J connectivity index is 3.24. The number of aromatic nitrogens is 1. The molecule has 0 radical (unpaired) electrons. The van der Waals surface area contributed by atoms with Crippen LogP contribution < -0.4 is 0 Å². The van der Waals surface area contributed by atoms with E-state index in [0.29, 0.717) is 0 Å². The molecule has 1 aromatic rings. The summed E-state index contributed by atoms with van der Waals surface area (Å²) in [7, 11) is -3.27.